The minimum absolute atomic E-state index is 0.0450. The van der Waals surface area contributed by atoms with Gasteiger partial charge in [0, 0.05) is 11.1 Å². The van der Waals surface area contributed by atoms with Crippen molar-refractivity contribution in [2.24, 2.45) is 5.10 Å². The van der Waals surface area contributed by atoms with Crippen molar-refractivity contribution in [3.05, 3.63) is 67.1 Å². The molecule has 0 aromatic heterocycles. The van der Waals surface area contributed by atoms with E-state index in [-0.39, 0.29) is 5.69 Å². The van der Waals surface area contributed by atoms with Crippen LogP contribution in [-0.2, 0) is 0 Å². The summed E-state index contributed by atoms with van der Waals surface area (Å²) >= 11 is 17.8. The monoisotopic (exact) mass is 343 g/mol. The largest absolute Gasteiger partial charge is 0.278 e. The third-order valence-corrected chi connectivity index (χ3v) is 3.33. The summed E-state index contributed by atoms with van der Waals surface area (Å²) < 4.78 is 0. The van der Waals surface area contributed by atoms with Gasteiger partial charge < -0.3 is 0 Å². The van der Waals surface area contributed by atoms with E-state index in [2.05, 4.69) is 10.5 Å². The summed E-state index contributed by atoms with van der Waals surface area (Å²) in [5.74, 6) is 0. The summed E-state index contributed by atoms with van der Waals surface area (Å²) in [6.45, 7) is 0. The Morgan fingerprint density at radius 1 is 1.14 bits per heavy atom. The lowest BCUT2D eigenvalue weighted by Gasteiger charge is -2.06. The van der Waals surface area contributed by atoms with Crippen LogP contribution in [-0.4, -0.2) is 11.1 Å². The first-order valence-electron chi connectivity index (χ1n) is 5.66. The van der Waals surface area contributed by atoms with Gasteiger partial charge in [-0.1, -0.05) is 46.9 Å². The predicted molar refractivity (Wildman–Crippen MR) is 85.8 cm³/mol. The molecule has 21 heavy (non-hydrogen) atoms. The Labute approximate surface area is 135 Å². The zero-order valence-corrected chi connectivity index (χ0v) is 12.7. The van der Waals surface area contributed by atoms with E-state index < -0.39 is 4.92 Å². The number of nitrogens with zero attached hydrogens (tertiary/aromatic N) is 2. The minimum Gasteiger partial charge on any atom is -0.275 e. The molecule has 2 aromatic carbocycles. The Kier molecular flexibility index (Phi) is 5.01. The maximum absolute atomic E-state index is 10.9. The van der Waals surface area contributed by atoms with Gasteiger partial charge in [0.05, 0.1) is 32.4 Å². The second kappa shape index (κ2) is 6.76. The highest BCUT2D eigenvalue weighted by atomic mass is 35.5. The molecule has 2 aromatic rings. The van der Waals surface area contributed by atoms with Crippen LogP contribution in [0.25, 0.3) is 0 Å². The van der Waals surface area contributed by atoms with Gasteiger partial charge in [-0.25, -0.2) is 0 Å². The molecule has 8 heteroatoms. The number of anilines is 1. The number of nitro benzene ring substituents is 1. The van der Waals surface area contributed by atoms with Gasteiger partial charge in [-0.3, -0.25) is 15.5 Å². The fourth-order valence-corrected chi connectivity index (χ4v) is 2.48. The van der Waals surface area contributed by atoms with E-state index in [1.165, 1.54) is 24.4 Å². The molecule has 108 valence electrons. The first kappa shape index (κ1) is 15.6. The molecule has 0 aliphatic heterocycles. The van der Waals surface area contributed by atoms with Crippen molar-refractivity contribution in [2.45, 2.75) is 0 Å². The number of halogens is 3. The van der Waals surface area contributed by atoms with Crippen molar-refractivity contribution >= 4 is 52.4 Å². The predicted octanol–water partition coefficient (Wildman–Crippen LogP) is 5.00. The smallest absolute Gasteiger partial charge is 0.275 e. The molecule has 0 heterocycles. The van der Waals surface area contributed by atoms with Gasteiger partial charge in [-0.15, -0.1) is 0 Å². The number of benzene rings is 2. The third-order valence-electron chi connectivity index (χ3n) is 2.52. The van der Waals surface area contributed by atoms with Crippen molar-refractivity contribution in [1.29, 1.82) is 0 Å². The Morgan fingerprint density at radius 2 is 1.76 bits per heavy atom. The van der Waals surface area contributed by atoms with E-state index in [1.54, 1.807) is 18.2 Å². The van der Waals surface area contributed by atoms with Crippen molar-refractivity contribution in [1.82, 2.24) is 0 Å². The van der Waals surface area contributed by atoms with Crippen LogP contribution in [0.4, 0.5) is 11.4 Å². The van der Waals surface area contributed by atoms with Gasteiger partial charge in [0.2, 0.25) is 0 Å². The summed E-state index contributed by atoms with van der Waals surface area (Å²) in [5, 5.41) is 15.8. The Bertz CT molecular complexity index is 697. The highest BCUT2D eigenvalue weighted by Crippen LogP contribution is 2.33. The maximum atomic E-state index is 10.9. The molecule has 0 aliphatic rings. The van der Waals surface area contributed by atoms with E-state index in [1.807, 2.05) is 0 Å². The quantitative estimate of drug-likeness (QED) is 0.482. The SMILES string of the molecule is O=[N+]([O-])c1ccccc1/C=N/Nc1c(Cl)cc(Cl)cc1Cl. The molecule has 0 spiro atoms. The van der Waals surface area contributed by atoms with Crippen LogP contribution in [0.3, 0.4) is 0 Å². The number of hydrogen-bond acceptors (Lipinski definition) is 4. The second-order valence-corrected chi connectivity index (χ2v) is 5.18. The van der Waals surface area contributed by atoms with E-state index in [9.17, 15) is 10.1 Å². The van der Waals surface area contributed by atoms with Gasteiger partial charge in [-0.05, 0) is 18.2 Å². The Hall–Kier alpha value is -1.82. The summed E-state index contributed by atoms with van der Waals surface area (Å²) in [6.07, 6.45) is 1.32. The van der Waals surface area contributed by atoms with Crippen LogP contribution in [0, 0.1) is 10.1 Å². The number of para-hydroxylation sites is 1. The molecule has 0 atom stereocenters. The van der Waals surface area contributed by atoms with Crippen molar-refractivity contribution in [3.8, 4) is 0 Å². The molecule has 0 saturated heterocycles. The molecule has 0 unspecified atom stereocenters. The van der Waals surface area contributed by atoms with Gasteiger partial charge in [-0.2, -0.15) is 5.10 Å². The summed E-state index contributed by atoms with van der Waals surface area (Å²) in [7, 11) is 0. The molecular weight excluding hydrogens is 337 g/mol. The highest BCUT2D eigenvalue weighted by molar-refractivity contribution is 6.41. The number of hydrazone groups is 1. The molecule has 5 nitrogen and oxygen atoms in total. The number of nitrogens with one attached hydrogen (secondary N) is 1. The highest BCUT2D eigenvalue weighted by Gasteiger charge is 2.10. The van der Waals surface area contributed by atoms with E-state index in [0.717, 1.165) is 0 Å². The normalized spacial score (nSPS) is 10.8. The molecule has 1 N–H and O–H groups in total. The summed E-state index contributed by atoms with van der Waals surface area (Å²) in [5.41, 5.74) is 3.33. The lowest BCUT2D eigenvalue weighted by molar-refractivity contribution is -0.385. The summed E-state index contributed by atoms with van der Waals surface area (Å²) in [4.78, 5) is 10.4. The fraction of sp³-hybridized carbons (Fsp3) is 0. The zero-order chi connectivity index (χ0) is 15.4. The average Bonchev–Trinajstić information content (AvgIpc) is 2.42. The maximum Gasteiger partial charge on any atom is 0.278 e. The Morgan fingerprint density at radius 3 is 2.38 bits per heavy atom. The van der Waals surface area contributed by atoms with Gasteiger partial charge in [0.15, 0.2) is 0 Å². The molecule has 0 aliphatic carbocycles. The molecule has 0 saturated carbocycles. The van der Waals surface area contributed by atoms with Crippen LogP contribution >= 0.6 is 34.8 Å². The van der Waals surface area contributed by atoms with Crippen molar-refractivity contribution < 1.29 is 4.92 Å². The molecule has 0 radical (unpaired) electrons. The van der Waals surface area contributed by atoms with Crippen LogP contribution in [0.2, 0.25) is 15.1 Å². The molecular formula is C13H8Cl3N3O2. The molecule has 0 fully saturated rings. The minimum atomic E-state index is -0.483. The van der Waals surface area contributed by atoms with E-state index >= 15 is 0 Å². The lowest BCUT2D eigenvalue weighted by atomic mass is 10.2. The Balaban J connectivity index is 2.23. The third kappa shape index (κ3) is 3.85. The molecule has 2 rings (SSSR count). The van der Waals surface area contributed by atoms with Crippen LogP contribution < -0.4 is 5.43 Å². The molecule has 0 amide bonds. The number of hydrogen-bond donors (Lipinski definition) is 1. The van der Waals surface area contributed by atoms with Gasteiger partial charge in [0.1, 0.15) is 0 Å². The second-order valence-electron chi connectivity index (χ2n) is 3.93. The standard InChI is InChI=1S/C13H8Cl3N3O2/c14-9-5-10(15)13(11(16)6-9)18-17-7-8-3-1-2-4-12(8)19(20)21/h1-7,18H/b17-7+. The zero-order valence-electron chi connectivity index (χ0n) is 10.4. The van der Waals surface area contributed by atoms with Gasteiger partial charge in [0.25, 0.3) is 5.69 Å². The van der Waals surface area contributed by atoms with Gasteiger partial charge >= 0.3 is 0 Å². The average molecular weight is 345 g/mol. The first-order chi connectivity index (χ1) is 9.99. The van der Waals surface area contributed by atoms with Crippen molar-refractivity contribution in [2.75, 3.05) is 5.43 Å². The summed E-state index contributed by atoms with van der Waals surface area (Å²) in [6, 6.07) is 9.25. The lowest BCUT2D eigenvalue weighted by Crippen LogP contribution is -1.96. The number of nitro groups is 1. The topological polar surface area (TPSA) is 67.5 Å². The van der Waals surface area contributed by atoms with Crippen LogP contribution in [0.1, 0.15) is 5.56 Å². The number of rotatable bonds is 4. The van der Waals surface area contributed by atoms with Crippen LogP contribution in [0.15, 0.2) is 41.5 Å². The molecule has 0 bridgehead atoms. The fourth-order valence-electron chi connectivity index (χ4n) is 1.58. The van der Waals surface area contributed by atoms with Crippen LogP contribution in [0.5, 0.6) is 0 Å². The van der Waals surface area contributed by atoms with Crippen molar-refractivity contribution in [3.63, 3.8) is 0 Å². The van der Waals surface area contributed by atoms with E-state index in [4.69, 9.17) is 34.8 Å². The first-order valence-corrected chi connectivity index (χ1v) is 6.79. The van der Waals surface area contributed by atoms with E-state index in [0.29, 0.717) is 26.3 Å².